The van der Waals surface area contributed by atoms with Gasteiger partial charge >= 0.3 is 5.97 Å². The van der Waals surface area contributed by atoms with Crippen LogP contribution in [0.25, 0.3) is 0 Å². The number of carbonyl (C=O) groups is 1. The van der Waals surface area contributed by atoms with Crippen LogP contribution in [0.2, 0.25) is 0 Å². The van der Waals surface area contributed by atoms with E-state index >= 15 is 0 Å². The molecule has 1 aromatic rings. The minimum Gasteiger partial charge on any atom is -0.493 e. The second-order valence-corrected chi connectivity index (χ2v) is 7.40. The van der Waals surface area contributed by atoms with Crippen LogP contribution in [-0.4, -0.2) is 49.8 Å². The SMILES string of the molecule is CCCCCN1[C@@H]2CC[C@H]1CC(OC(=O)c1ccc(OC)c(OC)c1)C2. The van der Waals surface area contributed by atoms with E-state index in [0.717, 1.165) is 12.8 Å². The Morgan fingerprint density at radius 1 is 1.08 bits per heavy atom. The maximum absolute atomic E-state index is 12.6. The largest absolute Gasteiger partial charge is 0.493 e. The Kier molecular flexibility index (Phi) is 6.41. The van der Waals surface area contributed by atoms with Crippen LogP contribution in [0.3, 0.4) is 0 Å². The molecule has 2 saturated heterocycles. The molecule has 26 heavy (non-hydrogen) atoms. The Morgan fingerprint density at radius 2 is 1.77 bits per heavy atom. The number of piperidine rings is 1. The molecule has 5 nitrogen and oxygen atoms in total. The molecule has 3 rings (SSSR count). The molecule has 2 heterocycles. The molecule has 5 heteroatoms. The number of rotatable bonds is 8. The van der Waals surface area contributed by atoms with E-state index in [2.05, 4.69) is 11.8 Å². The second-order valence-electron chi connectivity index (χ2n) is 7.40. The van der Waals surface area contributed by atoms with Crippen LogP contribution in [0.5, 0.6) is 11.5 Å². The van der Waals surface area contributed by atoms with E-state index in [1.807, 2.05) is 0 Å². The number of esters is 1. The van der Waals surface area contributed by atoms with Gasteiger partial charge in [0.05, 0.1) is 19.8 Å². The highest BCUT2D eigenvalue weighted by atomic mass is 16.5. The fraction of sp³-hybridized carbons (Fsp3) is 0.667. The molecular weight excluding hydrogens is 330 g/mol. The first-order valence-corrected chi connectivity index (χ1v) is 9.85. The van der Waals surface area contributed by atoms with Gasteiger partial charge in [0.15, 0.2) is 11.5 Å². The second kappa shape index (κ2) is 8.76. The van der Waals surface area contributed by atoms with E-state index in [1.165, 1.54) is 38.6 Å². The van der Waals surface area contributed by atoms with E-state index in [-0.39, 0.29) is 12.1 Å². The van der Waals surface area contributed by atoms with Gasteiger partial charge in [-0.25, -0.2) is 4.79 Å². The van der Waals surface area contributed by atoms with Gasteiger partial charge in [-0.3, -0.25) is 4.90 Å². The summed E-state index contributed by atoms with van der Waals surface area (Å²) in [5.41, 5.74) is 0.514. The van der Waals surface area contributed by atoms with Crippen LogP contribution in [0.15, 0.2) is 18.2 Å². The standard InChI is InChI=1S/C21H31NO4/c1-4-5-6-11-22-16-8-9-17(22)14-18(13-16)26-21(23)15-7-10-19(24-2)20(12-15)25-3/h7,10,12,16-18H,4-6,8-9,11,13-14H2,1-3H3/t16-,17+,18?. The smallest absolute Gasteiger partial charge is 0.338 e. The Bertz CT molecular complexity index is 604. The molecule has 2 fully saturated rings. The number of nitrogens with zero attached hydrogens (tertiary/aromatic N) is 1. The molecule has 1 unspecified atom stereocenters. The molecule has 2 aliphatic rings. The van der Waals surface area contributed by atoms with Crippen molar-refractivity contribution in [3.63, 3.8) is 0 Å². The normalized spacial score (nSPS) is 25.1. The average Bonchev–Trinajstić information content (AvgIpc) is 2.89. The van der Waals surface area contributed by atoms with Gasteiger partial charge < -0.3 is 14.2 Å². The van der Waals surface area contributed by atoms with Crippen molar-refractivity contribution in [3.05, 3.63) is 23.8 Å². The monoisotopic (exact) mass is 361 g/mol. The van der Waals surface area contributed by atoms with Crippen molar-refractivity contribution < 1.29 is 19.0 Å². The Labute approximate surface area is 156 Å². The van der Waals surface area contributed by atoms with Gasteiger partial charge in [-0.2, -0.15) is 0 Å². The fourth-order valence-electron chi connectivity index (χ4n) is 4.41. The quantitative estimate of drug-likeness (QED) is 0.516. The number of fused-ring (bicyclic) bond motifs is 2. The summed E-state index contributed by atoms with van der Waals surface area (Å²) in [6.45, 7) is 3.44. The Balaban J connectivity index is 1.58. The Hall–Kier alpha value is -1.75. The van der Waals surface area contributed by atoms with Crippen LogP contribution in [0.4, 0.5) is 0 Å². The lowest BCUT2D eigenvalue weighted by Crippen LogP contribution is -2.46. The van der Waals surface area contributed by atoms with E-state index in [0.29, 0.717) is 29.1 Å². The number of hydrogen-bond donors (Lipinski definition) is 0. The van der Waals surface area contributed by atoms with Gasteiger partial charge in [0.2, 0.25) is 0 Å². The summed E-state index contributed by atoms with van der Waals surface area (Å²) in [4.78, 5) is 15.2. The van der Waals surface area contributed by atoms with Gasteiger partial charge in [0, 0.05) is 24.9 Å². The van der Waals surface area contributed by atoms with E-state index in [1.54, 1.807) is 32.4 Å². The van der Waals surface area contributed by atoms with Crippen LogP contribution in [0, 0.1) is 0 Å². The number of methoxy groups -OCH3 is 2. The molecule has 0 spiro atoms. The molecule has 0 N–H and O–H groups in total. The van der Waals surface area contributed by atoms with E-state index < -0.39 is 0 Å². The zero-order valence-corrected chi connectivity index (χ0v) is 16.2. The van der Waals surface area contributed by atoms with Gasteiger partial charge in [-0.1, -0.05) is 19.8 Å². The van der Waals surface area contributed by atoms with Crippen molar-refractivity contribution >= 4 is 5.97 Å². The van der Waals surface area contributed by atoms with Gasteiger partial charge in [0.1, 0.15) is 6.10 Å². The summed E-state index contributed by atoms with van der Waals surface area (Å²) in [7, 11) is 3.15. The lowest BCUT2D eigenvalue weighted by Gasteiger charge is -2.38. The third kappa shape index (κ3) is 4.14. The van der Waals surface area contributed by atoms with Crippen LogP contribution >= 0.6 is 0 Å². The first kappa shape index (κ1) is 19.0. The summed E-state index contributed by atoms with van der Waals surface area (Å²) in [6.07, 6.45) is 8.25. The van der Waals surface area contributed by atoms with Gasteiger partial charge in [0.25, 0.3) is 0 Å². The maximum atomic E-state index is 12.6. The first-order chi connectivity index (χ1) is 12.7. The molecule has 0 aromatic heterocycles. The highest BCUT2D eigenvalue weighted by Gasteiger charge is 2.41. The molecule has 2 bridgehead atoms. The topological polar surface area (TPSA) is 48.0 Å². The van der Waals surface area contributed by atoms with Crippen molar-refractivity contribution in [1.29, 1.82) is 0 Å². The third-order valence-electron chi connectivity index (χ3n) is 5.75. The van der Waals surface area contributed by atoms with E-state index in [4.69, 9.17) is 14.2 Å². The van der Waals surface area contributed by atoms with Crippen molar-refractivity contribution in [2.75, 3.05) is 20.8 Å². The van der Waals surface area contributed by atoms with Crippen LogP contribution in [0.1, 0.15) is 62.2 Å². The minimum absolute atomic E-state index is 0.0236. The molecule has 0 aliphatic carbocycles. The maximum Gasteiger partial charge on any atom is 0.338 e. The Morgan fingerprint density at radius 3 is 2.38 bits per heavy atom. The molecule has 2 aliphatic heterocycles. The predicted octanol–water partition coefficient (Wildman–Crippen LogP) is 4.05. The fourth-order valence-corrected chi connectivity index (χ4v) is 4.41. The lowest BCUT2D eigenvalue weighted by molar-refractivity contribution is -0.00633. The van der Waals surface area contributed by atoms with Crippen molar-refractivity contribution in [3.8, 4) is 11.5 Å². The molecule has 0 amide bonds. The zero-order valence-electron chi connectivity index (χ0n) is 16.2. The highest BCUT2D eigenvalue weighted by Crippen LogP contribution is 2.37. The highest BCUT2D eigenvalue weighted by molar-refractivity contribution is 5.90. The minimum atomic E-state index is -0.269. The van der Waals surface area contributed by atoms with Crippen molar-refractivity contribution in [1.82, 2.24) is 4.90 Å². The summed E-state index contributed by atoms with van der Waals surface area (Å²) < 4.78 is 16.4. The number of benzene rings is 1. The lowest BCUT2D eigenvalue weighted by atomic mass is 9.99. The van der Waals surface area contributed by atoms with E-state index in [9.17, 15) is 4.79 Å². The van der Waals surface area contributed by atoms with Crippen LogP contribution in [-0.2, 0) is 4.74 Å². The first-order valence-electron chi connectivity index (χ1n) is 9.85. The summed E-state index contributed by atoms with van der Waals surface area (Å²) >= 11 is 0. The summed E-state index contributed by atoms with van der Waals surface area (Å²) in [5, 5.41) is 0. The average molecular weight is 361 g/mol. The molecule has 1 aromatic carbocycles. The molecule has 144 valence electrons. The molecule has 0 saturated carbocycles. The molecular formula is C21H31NO4. The van der Waals surface area contributed by atoms with Crippen molar-refractivity contribution in [2.24, 2.45) is 0 Å². The number of unbranched alkanes of at least 4 members (excludes halogenated alkanes) is 2. The molecule has 3 atom stereocenters. The number of ether oxygens (including phenoxy) is 3. The number of hydrogen-bond acceptors (Lipinski definition) is 5. The van der Waals surface area contributed by atoms with Crippen LogP contribution < -0.4 is 9.47 Å². The zero-order chi connectivity index (χ0) is 18.5. The third-order valence-corrected chi connectivity index (χ3v) is 5.75. The predicted molar refractivity (Wildman–Crippen MR) is 101 cm³/mol. The van der Waals surface area contributed by atoms with Gasteiger partial charge in [-0.05, 0) is 44.0 Å². The van der Waals surface area contributed by atoms with Gasteiger partial charge in [-0.15, -0.1) is 0 Å². The molecule has 0 radical (unpaired) electrons. The summed E-state index contributed by atoms with van der Waals surface area (Å²) in [6, 6.07) is 6.33. The summed E-state index contributed by atoms with van der Waals surface area (Å²) in [5.74, 6) is 0.894. The van der Waals surface area contributed by atoms with Crippen molar-refractivity contribution in [2.45, 2.75) is 70.1 Å². The number of carbonyl (C=O) groups excluding carboxylic acids is 1.